The Balaban J connectivity index is 1.90. The fraction of sp³-hybridized carbons (Fsp3) is 0.625. The Kier molecular flexibility index (Phi) is 4.94. The second-order valence-electron chi connectivity index (χ2n) is 5.80. The summed E-state index contributed by atoms with van der Waals surface area (Å²) >= 11 is 0. The van der Waals surface area contributed by atoms with Crippen molar-refractivity contribution in [3.05, 3.63) is 35.6 Å². The molecule has 0 unspecified atom stereocenters. The van der Waals surface area contributed by atoms with Gasteiger partial charge in [-0.1, -0.05) is 37.8 Å². The lowest BCUT2D eigenvalue weighted by atomic mass is 9.94. The van der Waals surface area contributed by atoms with Gasteiger partial charge < -0.3 is 10.4 Å². The van der Waals surface area contributed by atoms with Crippen LogP contribution in [0.15, 0.2) is 24.3 Å². The van der Waals surface area contributed by atoms with Crippen LogP contribution in [0.25, 0.3) is 0 Å². The molecule has 3 heteroatoms. The van der Waals surface area contributed by atoms with Gasteiger partial charge in [-0.3, -0.25) is 0 Å². The smallest absolute Gasteiger partial charge is 0.123 e. The molecule has 2 rings (SSSR count). The van der Waals surface area contributed by atoms with Gasteiger partial charge in [0.05, 0.1) is 5.60 Å². The molecule has 0 aliphatic heterocycles. The van der Waals surface area contributed by atoms with E-state index in [0.717, 1.165) is 31.2 Å². The standard InChI is InChI=1S/C16H24FNO/c1-13(14-7-6-8-15(17)11-14)18-12-16(19)9-4-2-3-5-10-16/h6-8,11,13,18-19H,2-5,9-10,12H2,1H3/t13-/m1/s1. The second kappa shape index (κ2) is 6.49. The van der Waals surface area contributed by atoms with E-state index in [-0.39, 0.29) is 11.9 Å². The average Bonchev–Trinajstić information content (AvgIpc) is 2.61. The van der Waals surface area contributed by atoms with Gasteiger partial charge in [-0.05, 0) is 37.5 Å². The number of hydrogen-bond donors (Lipinski definition) is 2. The summed E-state index contributed by atoms with van der Waals surface area (Å²) in [5.41, 5.74) is 0.343. The number of halogens is 1. The monoisotopic (exact) mass is 265 g/mol. The predicted octanol–water partition coefficient (Wildman–Crippen LogP) is 3.56. The highest BCUT2D eigenvalue weighted by molar-refractivity contribution is 5.19. The molecule has 0 aromatic heterocycles. The van der Waals surface area contributed by atoms with Crippen LogP contribution < -0.4 is 5.32 Å². The van der Waals surface area contributed by atoms with Crippen LogP contribution in [0.3, 0.4) is 0 Å². The molecule has 1 saturated carbocycles. The minimum absolute atomic E-state index is 0.0583. The third-order valence-corrected chi connectivity index (χ3v) is 4.12. The normalized spacial score (nSPS) is 20.8. The molecule has 1 atom stereocenters. The van der Waals surface area contributed by atoms with Crippen LogP contribution in [-0.2, 0) is 0 Å². The van der Waals surface area contributed by atoms with Crippen molar-refractivity contribution >= 4 is 0 Å². The number of nitrogens with one attached hydrogen (secondary N) is 1. The zero-order valence-corrected chi connectivity index (χ0v) is 11.7. The highest BCUT2D eigenvalue weighted by Crippen LogP contribution is 2.27. The predicted molar refractivity (Wildman–Crippen MR) is 75.5 cm³/mol. The van der Waals surface area contributed by atoms with Crippen LogP contribution in [0.4, 0.5) is 4.39 Å². The SMILES string of the molecule is C[C@@H](NCC1(O)CCCCCC1)c1cccc(F)c1. The molecule has 1 aliphatic rings. The van der Waals surface area contributed by atoms with Crippen molar-refractivity contribution in [1.82, 2.24) is 5.32 Å². The number of hydrogen-bond acceptors (Lipinski definition) is 2. The van der Waals surface area contributed by atoms with E-state index < -0.39 is 5.60 Å². The Morgan fingerprint density at radius 1 is 1.26 bits per heavy atom. The minimum Gasteiger partial charge on any atom is -0.389 e. The van der Waals surface area contributed by atoms with Gasteiger partial charge in [0.15, 0.2) is 0 Å². The van der Waals surface area contributed by atoms with Gasteiger partial charge in [0.2, 0.25) is 0 Å². The fourth-order valence-electron chi connectivity index (χ4n) is 2.80. The molecule has 0 radical (unpaired) electrons. The van der Waals surface area contributed by atoms with Crippen LogP contribution in [0.1, 0.15) is 57.1 Å². The van der Waals surface area contributed by atoms with Crippen LogP contribution in [0, 0.1) is 5.82 Å². The molecule has 19 heavy (non-hydrogen) atoms. The molecular formula is C16H24FNO. The van der Waals surface area contributed by atoms with E-state index in [1.165, 1.54) is 18.9 Å². The van der Waals surface area contributed by atoms with E-state index in [1.807, 2.05) is 13.0 Å². The van der Waals surface area contributed by atoms with Gasteiger partial charge in [-0.25, -0.2) is 4.39 Å². The van der Waals surface area contributed by atoms with Crippen LogP contribution in [-0.4, -0.2) is 17.3 Å². The summed E-state index contributed by atoms with van der Waals surface area (Å²) in [5.74, 6) is -0.209. The summed E-state index contributed by atoms with van der Waals surface area (Å²) in [5, 5.41) is 13.9. The first kappa shape index (κ1) is 14.5. The Hall–Kier alpha value is -0.930. The largest absolute Gasteiger partial charge is 0.389 e. The number of aliphatic hydroxyl groups is 1. The van der Waals surface area contributed by atoms with Gasteiger partial charge >= 0.3 is 0 Å². The highest BCUT2D eigenvalue weighted by atomic mass is 19.1. The zero-order valence-electron chi connectivity index (χ0n) is 11.7. The number of benzene rings is 1. The zero-order chi connectivity index (χ0) is 13.7. The molecule has 0 amide bonds. The molecule has 0 bridgehead atoms. The lowest BCUT2D eigenvalue weighted by Crippen LogP contribution is -2.41. The Labute approximate surface area is 115 Å². The first-order valence-electron chi connectivity index (χ1n) is 7.30. The first-order chi connectivity index (χ1) is 9.09. The summed E-state index contributed by atoms with van der Waals surface area (Å²) in [4.78, 5) is 0. The Morgan fingerprint density at radius 2 is 1.95 bits per heavy atom. The molecule has 2 N–H and O–H groups in total. The quantitative estimate of drug-likeness (QED) is 0.816. The number of rotatable bonds is 4. The van der Waals surface area contributed by atoms with Gasteiger partial charge in [-0.2, -0.15) is 0 Å². The molecule has 0 saturated heterocycles. The molecule has 1 fully saturated rings. The van der Waals surface area contributed by atoms with Crippen molar-refractivity contribution in [2.45, 2.75) is 57.1 Å². The maximum absolute atomic E-state index is 13.2. The van der Waals surface area contributed by atoms with Gasteiger partial charge in [0.25, 0.3) is 0 Å². The van der Waals surface area contributed by atoms with Crippen molar-refractivity contribution in [2.75, 3.05) is 6.54 Å². The summed E-state index contributed by atoms with van der Waals surface area (Å²) < 4.78 is 13.2. The van der Waals surface area contributed by atoms with Crippen molar-refractivity contribution in [3.8, 4) is 0 Å². The molecule has 1 aliphatic carbocycles. The third-order valence-electron chi connectivity index (χ3n) is 4.12. The molecule has 0 spiro atoms. The van der Waals surface area contributed by atoms with E-state index in [0.29, 0.717) is 6.54 Å². The van der Waals surface area contributed by atoms with E-state index in [2.05, 4.69) is 5.32 Å². The second-order valence-corrected chi connectivity index (χ2v) is 5.80. The van der Waals surface area contributed by atoms with E-state index in [9.17, 15) is 9.50 Å². The topological polar surface area (TPSA) is 32.3 Å². The molecular weight excluding hydrogens is 241 g/mol. The summed E-state index contributed by atoms with van der Waals surface area (Å²) in [7, 11) is 0. The van der Waals surface area contributed by atoms with Crippen LogP contribution in [0.5, 0.6) is 0 Å². The summed E-state index contributed by atoms with van der Waals surface area (Å²) in [6.45, 7) is 2.60. The Bertz CT molecular complexity index is 399. The molecule has 1 aromatic rings. The van der Waals surface area contributed by atoms with Crippen molar-refractivity contribution in [2.24, 2.45) is 0 Å². The fourth-order valence-corrected chi connectivity index (χ4v) is 2.80. The maximum atomic E-state index is 13.2. The summed E-state index contributed by atoms with van der Waals surface area (Å²) in [6, 6.07) is 6.70. The van der Waals surface area contributed by atoms with Gasteiger partial charge in [0, 0.05) is 12.6 Å². The molecule has 106 valence electrons. The van der Waals surface area contributed by atoms with Crippen molar-refractivity contribution in [1.29, 1.82) is 0 Å². The van der Waals surface area contributed by atoms with Gasteiger partial charge in [0.1, 0.15) is 5.82 Å². The van der Waals surface area contributed by atoms with Crippen molar-refractivity contribution < 1.29 is 9.50 Å². The van der Waals surface area contributed by atoms with E-state index in [4.69, 9.17) is 0 Å². The Morgan fingerprint density at radius 3 is 2.58 bits per heavy atom. The highest BCUT2D eigenvalue weighted by Gasteiger charge is 2.28. The molecule has 2 nitrogen and oxygen atoms in total. The first-order valence-corrected chi connectivity index (χ1v) is 7.30. The molecule has 0 heterocycles. The lowest BCUT2D eigenvalue weighted by molar-refractivity contribution is 0.0231. The van der Waals surface area contributed by atoms with Gasteiger partial charge in [-0.15, -0.1) is 0 Å². The van der Waals surface area contributed by atoms with E-state index in [1.54, 1.807) is 12.1 Å². The lowest BCUT2D eigenvalue weighted by Gasteiger charge is -2.29. The van der Waals surface area contributed by atoms with Crippen molar-refractivity contribution in [3.63, 3.8) is 0 Å². The third kappa shape index (κ3) is 4.29. The van der Waals surface area contributed by atoms with Crippen LogP contribution >= 0.6 is 0 Å². The summed E-state index contributed by atoms with van der Waals surface area (Å²) in [6.07, 6.45) is 6.40. The minimum atomic E-state index is -0.585. The van der Waals surface area contributed by atoms with E-state index >= 15 is 0 Å². The maximum Gasteiger partial charge on any atom is 0.123 e. The molecule has 1 aromatic carbocycles. The van der Waals surface area contributed by atoms with Crippen LogP contribution in [0.2, 0.25) is 0 Å². The average molecular weight is 265 g/mol.